The molecule has 7 nitrogen and oxygen atoms in total. The Morgan fingerprint density at radius 2 is 2.05 bits per heavy atom. The van der Waals surface area contributed by atoms with Gasteiger partial charge >= 0.3 is 0 Å². The largest absolute Gasteiger partial charge is 0.353 e. The van der Waals surface area contributed by atoms with Crippen molar-refractivity contribution in [3.05, 3.63) is 0 Å². The normalized spacial score (nSPS) is 11.0. The van der Waals surface area contributed by atoms with E-state index in [9.17, 15) is 4.79 Å². The van der Waals surface area contributed by atoms with Crippen molar-refractivity contribution in [2.45, 2.75) is 57.8 Å². The summed E-state index contributed by atoms with van der Waals surface area (Å²) in [5, 5.41) is 18.6. The van der Waals surface area contributed by atoms with Crippen LogP contribution in [0.3, 0.4) is 0 Å². The molecule has 1 aromatic rings. The van der Waals surface area contributed by atoms with E-state index in [-0.39, 0.29) is 11.9 Å². The Morgan fingerprint density at radius 1 is 1.29 bits per heavy atom. The van der Waals surface area contributed by atoms with E-state index in [1.165, 1.54) is 11.8 Å². The highest BCUT2D eigenvalue weighted by molar-refractivity contribution is 7.99. The molecule has 21 heavy (non-hydrogen) atoms. The number of tetrazole rings is 1. The van der Waals surface area contributed by atoms with Gasteiger partial charge in [0.15, 0.2) is 0 Å². The van der Waals surface area contributed by atoms with E-state index in [4.69, 9.17) is 0 Å². The third-order valence-corrected chi connectivity index (χ3v) is 4.07. The van der Waals surface area contributed by atoms with Crippen molar-refractivity contribution in [3.63, 3.8) is 0 Å². The lowest BCUT2D eigenvalue weighted by molar-refractivity contribution is -0.119. The molecule has 0 radical (unpaired) electrons. The van der Waals surface area contributed by atoms with E-state index in [0.29, 0.717) is 17.5 Å². The van der Waals surface area contributed by atoms with Gasteiger partial charge in [-0.1, -0.05) is 32.5 Å². The molecule has 0 bridgehead atoms. The molecule has 0 saturated heterocycles. The molecule has 0 saturated carbocycles. The number of hydrogen-bond donors (Lipinski definition) is 2. The molecule has 0 aromatic carbocycles. The van der Waals surface area contributed by atoms with Crippen molar-refractivity contribution in [2.75, 3.05) is 18.8 Å². The lowest BCUT2D eigenvalue weighted by Gasteiger charge is -2.14. The van der Waals surface area contributed by atoms with E-state index in [1.807, 2.05) is 0 Å². The molecule has 8 heteroatoms. The number of nitrogens with one attached hydrogen (secondary N) is 2. The predicted molar refractivity (Wildman–Crippen MR) is 84.2 cm³/mol. The zero-order chi connectivity index (χ0) is 15.5. The Balaban J connectivity index is 2.34. The van der Waals surface area contributed by atoms with Crippen molar-refractivity contribution in [1.82, 2.24) is 30.8 Å². The second-order valence-corrected chi connectivity index (χ2v) is 5.75. The maximum absolute atomic E-state index is 11.9. The number of carbonyl (C=O) groups excluding carboxylic acids is 1. The lowest BCUT2D eigenvalue weighted by atomic mass is 10.2. The minimum absolute atomic E-state index is 0.0346. The molecule has 1 rings (SSSR count). The first kappa shape index (κ1) is 17.9. The summed E-state index contributed by atoms with van der Waals surface area (Å²) in [6, 6.07) is 0.257. The van der Waals surface area contributed by atoms with Crippen LogP contribution in [0.2, 0.25) is 0 Å². The molecule has 0 unspecified atom stereocenters. The second kappa shape index (κ2) is 10.6. The maximum Gasteiger partial charge on any atom is 0.230 e. The van der Waals surface area contributed by atoms with E-state index < -0.39 is 0 Å². The molecule has 0 aliphatic carbocycles. The van der Waals surface area contributed by atoms with E-state index in [1.54, 1.807) is 4.68 Å². The van der Waals surface area contributed by atoms with Gasteiger partial charge in [-0.05, 0) is 36.2 Å². The third-order valence-electron chi connectivity index (χ3n) is 3.11. The Kier molecular flexibility index (Phi) is 9.00. The number of hydrogen-bond acceptors (Lipinski definition) is 6. The summed E-state index contributed by atoms with van der Waals surface area (Å²) >= 11 is 1.38. The fourth-order valence-corrected chi connectivity index (χ4v) is 2.53. The van der Waals surface area contributed by atoms with Crippen molar-refractivity contribution in [3.8, 4) is 0 Å². The Bertz CT molecular complexity index is 407. The van der Waals surface area contributed by atoms with Crippen molar-refractivity contribution in [2.24, 2.45) is 0 Å². The number of amides is 1. The quantitative estimate of drug-likeness (QED) is 0.469. The van der Waals surface area contributed by atoms with Crippen molar-refractivity contribution >= 4 is 17.7 Å². The van der Waals surface area contributed by atoms with Gasteiger partial charge in [-0.25, -0.2) is 4.68 Å². The monoisotopic (exact) mass is 314 g/mol. The van der Waals surface area contributed by atoms with Gasteiger partial charge in [0.1, 0.15) is 0 Å². The first-order chi connectivity index (χ1) is 10.2. The summed E-state index contributed by atoms with van der Waals surface area (Å²) in [7, 11) is 0. The molecule has 1 heterocycles. The van der Waals surface area contributed by atoms with Gasteiger partial charge in [0, 0.05) is 12.6 Å². The van der Waals surface area contributed by atoms with Crippen LogP contribution in [0.15, 0.2) is 5.16 Å². The van der Waals surface area contributed by atoms with Gasteiger partial charge in [-0.2, -0.15) is 0 Å². The second-order valence-electron chi connectivity index (χ2n) is 4.80. The predicted octanol–water partition coefficient (Wildman–Crippen LogP) is 1.07. The molecule has 2 N–H and O–H groups in total. The van der Waals surface area contributed by atoms with E-state index in [0.717, 1.165) is 32.4 Å². The average molecular weight is 314 g/mol. The summed E-state index contributed by atoms with van der Waals surface area (Å²) in [4.78, 5) is 11.9. The summed E-state index contributed by atoms with van der Waals surface area (Å²) < 4.78 is 1.73. The van der Waals surface area contributed by atoms with Crippen LogP contribution in [0.1, 0.15) is 40.0 Å². The van der Waals surface area contributed by atoms with Crippen molar-refractivity contribution in [1.29, 1.82) is 0 Å². The van der Waals surface area contributed by atoms with Gasteiger partial charge in [0.25, 0.3) is 0 Å². The Labute approximate surface area is 130 Å². The van der Waals surface area contributed by atoms with Gasteiger partial charge in [-0.3, -0.25) is 4.79 Å². The van der Waals surface area contributed by atoms with Gasteiger partial charge < -0.3 is 10.6 Å². The highest BCUT2D eigenvalue weighted by atomic mass is 32.2. The lowest BCUT2D eigenvalue weighted by Crippen LogP contribution is -2.35. The number of aromatic nitrogens is 4. The molecule has 0 aliphatic heterocycles. The summed E-state index contributed by atoms with van der Waals surface area (Å²) in [6.45, 7) is 8.80. The Morgan fingerprint density at radius 3 is 2.71 bits per heavy atom. The molecule has 0 fully saturated rings. The Hall–Kier alpha value is -1.15. The molecule has 0 spiro atoms. The van der Waals surface area contributed by atoms with Crippen LogP contribution in [0, 0.1) is 0 Å². The van der Waals surface area contributed by atoms with Crippen LogP contribution in [-0.4, -0.2) is 51.0 Å². The minimum atomic E-state index is 0.0346. The SMILES string of the molecule is CCCNCCn1nnnc1SCC(=O)NC(CC)CC. The van der Waals surface area contributed by atoms with Crippen LogP contribution in [0.4, 0.5) is 0 Å². The molecule has 0 atom stereocenters. The van der Waals surface area contributed by atoms with E-state index in [2.05, 4.69) is 46.9 Å². The molecule has 1 amide bonds. The molecule has 120 valence electrons. The van der Waals surface area contributed by atoms with Crippen LogP contribution < -0.4 is 10.6 Å². The van der Waals surface area contributed by atoms with Crippen LogP contribution >= 0.6 is 11.8 Å². The number of rotatable bonds is 11. The minimum Gasteiger partial charge on any atom is -0.353 e. The van der Waals surface area contributed by atoms with Crippen LogP contribution in [-0.2, 0) is 11.3 Å². The zero-order valence-corrected chi connectivity index (χ0v) is 13.9. The third kappa shape index (κ3) is 6.90. The molecular weight excluding hydrogens is 288 g/mol. The molecule has 0 aliphatic rings. The average Bonchev–Trinajstić information content (AvgIpc) is 2.94. The first-order valence-electron chi connectivity index (χ1n) is 7.60. The number of carbonyl (C=O) groups is 1. The first-order valence-corrected chi connectivity index (χ1v) is 8.58. The summed E-state index contributed by atoms with van der Waals surface area (Å²) in [6.07, 6.45) is 3.01. The smallest absolute Gasteiger partial charge is 0.230 e. The standard InChI is InChI=1S/C13H26N6OS/c1-4-7-14-8-9-19-13(16-17-18-19)21-10-12(20)15-11(5-2)6-3/h11,14H,4-10H2,1-3H3,(H,15,20). The fourth-order valence-electron chi connectivity index (χ4n) is 1.82. The fraction of sp³-hybridized carbons (Fsp3) is 0.846. The molecule has 1 aromatic heterocycles. The van der Waals surface area contributed by atoms with E-state index >= 15 is 0 Å². The highest BCUT2D eigenvalue weighted by Gasteiger charge is 2.12. The molecular formula is C13H26N6OS. The summed E-state index contributed by atoms with van der Waals surface area (Å²) in [5.41, 5.74) is 0. The zero-order valence-electron chi connectivity index (χ0n) is 13.1. The van der Waals surface area contributed by atoms with Gasteiger partial charge in [-0.15, -0.1) is 5.10 Å². The van der Waals surface area contributed by atoms with Gasteiger partial charge in [0.05, 0.1) is 12.3 Å². The number of nitrogens with zero attached hydrogens (tertiary/aromatic N) is 4. The number of thioether (sulfide) groups is 1. The topological polar surface area (TPSA) is 84.7 Å². The van der Waals surface area contributed by atoms with Crippen LogP contribution in [0.25, 0.3) is 0 Å². The van der Waals surface area contributed by atoms with Crippen molar-refractivity contribution < 1.29 is 4.79 Å². The van der Waals surface area contributed by atoms with Gasteiger partial charge in [0.2, 0.25) is 11.1 Å². The summed E-state index contributed by atoms with van der Waals surface area (Å²) in [5.74, 6) is 0.381. The highest BCUT2D eigenvalue weighted by Crippen LogP contribution is 2.13. The van der Waals surface area contributed by atoms with Crippen LogP contribution in [0.5, 0.6) is 0 Å². The maximum atomic E-state index is 11.9.